The molecule has 0 saturated heterocycles. The van der Waals surface area contributed by atoms with E-state index in [-0.39, 0.29) is 0 Å². The summed E-state index contributed by atoms with van der Waals surface area (Å²) in [5.41, 5.74) is 0. The van der Waals surface area contributed by atoms with Gasteiger partial charge >= 0.3 is 28.7 Å². The lowest BCUT2D eigenvalue weighted by atomic mass is 10.3. The molecular formula is C5HCl2F7O3. The minimum absolute atomic E-state index is 2.27. The molecule has 0 fully saturated rings. The molecule has 0 aromatic rings. The van der Waals surface area contributed by atoms with E-state index in [1.54, 1.807) is 0 Å². The van der Waals surface area contributed by atoms with E-state index in [2.05, 4.69) is 27.9 Å². The van der Waals surface area contributed by atoms with Crippen molar-refractivity contribution in [3.63, 3.8) is 0 Å². The zero-order chi connectivity index (χ0) is 14.3. The van der Waals surface area contributed by atoms with Gasteiger partial charge in [-0.05, 0) is 23.2 Å². The van der Waals surface area contributed by atoms with Gasteiger partial charge in [0.25, 0.3) is 0 Å². The molecule has 0 aromatic heterocycles. The summed E-state index contributed by atoms with van der Waals surface area (Å²) in [4.78, 5) is 9.71. The van der Waals surface area contributed by atoms with Crippen molar-refractivity contribution >= 4 is 29.2 Å². The fourth-order valence-electron chi connectivity index (χ4n) is 0.407. The van der Waals surface area contributed by atoms with Crippen molar-refractivity contribution in [3.05, 3.63) is 0 Å². The van der Waals surface area contributed by atoms with Gasteiger partial charge < -0.3 is 5.11 Å². The quantitative estimate of drug-likeness (QED) is 0.627. The molecular weight excluding hydrogens is 312 g/mol. The first kappa shape index (κ1) is 16.5. The van der Waals surface area contributed by atoms with Crippen molar-refractivity contribution in [3.8, 4) is 0 Å². The molecule has 0 amide bonds. The third kappa shape index (κ3) is 3.26. The second kappa shape index (κ2) is 4.32. The maximum absolute atomic E-state index is 12.5. The number of hydrogen-bond acceptors (Lipinski definition) is 2. The number of hydrogen-bond donors (Lipinski definition) is 1. The Morgan fingerprint density at radius 1 is 1.00 bits per heavy atom. The topological polar surface area (TPSA) is 46.5 Å². The number of ether oxygens (including phenoxy) is 1. The second-order valence-electron chi connectivity index (χ2n) is 2.51. The summed E-state index contributed by atoms with van der Waals surface area (Å²) in [6, 6.07) is 0. The number of carboxylic acid groups (broad SMARTS) is 1. The van der Waals surface area contributed by atoms with E-state index < -0.39 is 28.7 Å². The van der Waals surface area contributed by atoms with Gasteiger partial charge in [0.1, 0.15) is 0 Å². The van der Waals surface area contributed by atoms with Gasteiger partial charge in [0, 0.05) is 0 Å². The molecule has 3 nitrogen and oxygen atoms in total. The Hall–Kier alpha value is -0.480. The van der Waals surface area contributed by atoms with Crippen molar-refractivity contribution in [1.82, 2.24) is 0 Å². The molecule has 0 radical (unpaired) electrons. The zero-order valence-electron chi connectivity index (χ0n) is 7.17. The SMILES string of the molecule is O=C(O)C(F)(F)C(F)(F)OC(F)(Cl)C(F)(F)Cl. The maximum atomic E-state index is 12.5. The van der Waals surface area contributed by atoms with Gasteiger partial charge in [-0.3, -0.25) is 4.74 Å². The highest BCUT2D eigenvalue weighted by Crippen LogP contribution is 2.47. The molecule has 102 valence electrons. The number of carbonyl (C=O) groups is 1. The average Bonchev–Trinajstić information content (AvgIpc) is 1.98. The van der Waals surface area contributed by atoms with Crippen LogP contribution in [0.1, 0.15) is 0 Å². The highest BCUT2D eigenvalue weighted by molar-refractivity contribution is 6.31. The van der Waals surface area contributed by atoms with Gasteiger partial charge in [0.2, 0.25) is 0 Å². The lowest BCUT2D eigenvalue weighted by molar-refractivity contribution is -0.394. The highest BCUT2D eigenvalue weighted by Gasteiger charge is 2.70. The Bertz CT molecular complexity index is 313. The smallest absolute Gasteiger partial charge is 0.434 e. The molecule has 0 aromatic carbocycles. The number of carboxylic acids is 1. The minimum atomic E-state index is -6.15. The first-order valence-corrected chi connectivity index (χ1v) is 4.04. The van der Waals surface area contributed by atoms with Gasteiger partial charge in [-0.15, -0.1) is 0 Å². The van der Waals surface area contributed by atoms with Crippen LogP contribution in [0, 0.1) is 0 Å². The van der Waals surface area contributed by atoms with E-state index in [0.717, 1.165) is 0 Å². The van der Waals surface area contributed by atoms with Gasteiger partial charge in [-0.1, -0.05) is 0 Å². The highest BCUT2D eigenvalue weighted by atomic mass is 35.5. The van der Waals surface area contributed by atoms with E-state index in [1.807, 2.05) is 0 Å². The molecule has 0 aliphatic rings. The summed E-state index contributed by atoms with van der Waals surface area (Å²) in [7, 11) is 0. The van der Waals surface area contributed by atoms with E-state index in [0.29, 0.717) is 0 Å². The van der Waals surface area contributed by atoms with E-state index >= 15 is 0 Å². The van der Waals surface area contributed by atoms with Crippen molar-refractivity contribution in [1.29, 1.82) is 0 Å². The largest absolute Gasteiger partial charge is 0.477 e. The first-order chi connectivity index (χ1) is 7.15. The van der Waals surface area contributed by atoms with Crippen LogP contribution in [0.4, 0.5) is 30.7 Å². The average molecular weight is 313 g/mol. The number of aliphatic carboxylic acids is 1. The van der Waals surface area contributed by atoms with Crippen molar-refractivity contribution in [2.24, 2.45) is 0 Å². The summed E-state index contributed by atoms with van der Waals surface area (Å²) >= 11 is 7.90. The molecule has 17 heavy (non-hydrogen) atoms. The first-order valence-electron chi connectivity index (χ1n) is 3.29. The molecule has 1 atom stereocenters. The van der Waals surface area contributed by atoms with E-state index in [9.17, 15) is 35.5 Å². The van der Waals surface area contributed by atoms with Crippen LogP contribution in [0.5, 0.6) is 0 Å². The molecule has 0 aliphatic carbocycles. The van der Waals surface area contributed by atoms with Crippen molar-refractivity contribution < 1.29 is 45.4 Å². The summed E-state index contributed by atoms with van der Waals surface area (Å²) in [5.74, 6) is -9.42. The van der Waals surface area contributed by atoms with Crippen LogP contribution in [0.25, 0.3) is 0 Å². The van der Waals surface area contributed by atoms with Crippen LogP contribution in [0.2, 0.25) is 0 Å². The van der Waals surface area contributed by atoms with Gasteiger partial charge in [0.05, 0.1) is 0 Å². The molecule has 0 rings (SSSR count). The monoisotopic (exact) mass is 312 g/mol. The standard InChI is InChI=1S/C5HCl2F7O3/c6-3(10,11)4(7,12)17-5(13,14)2(8,9)1(15)16/h(H,15,16). The predicted molar refractivity (Wildman–Crippen MR) is 39.1 cm³/mol. The van der Waals surface area contributed by atoms with Gasteiger partial charge in [-0.25, -0.2) is 4.79 Å². The second-order valence-corrected chi connectivity index (χ2v) is 3.47. The Balaban J connectivity index is 5.20. The number of alkyl halides is 9. The summed E-state index contributed by atoms with van der Waals surface area (Å²) in [5, 5.41) is -2.84. The summed E-state index contributed by atoms with van der Waals surface area (Å²) < 4.78 is 88.2. The summed E-state index contributed by atoms with van der Waals surface area (Å²) in [6.45, 7) is 0. The molecule has 0 saturated carbocycles. The fraction of sp³-hybridized carbons (Fsp3) is 0.800. The molecule has 12 heteroatoms. The molecule has 0 spiro atoms. The van der Waals surface area contributed by atoms with E-state index in [1.165, 1.54) is 0 Å². The number of rotatable bonds is 5. The Morgan fingerprint density at radius 3 is 1.59 bits per heavy atom. The van der Waals surface area contributed by atoms with Gasteiger partial charge in [0.15, 0.2) is 0 Å². The normalized spacial score (nSPS) is 17.7. The Morgan fingerprint density at radius 2 is 1.35 bits per heavy atom. The lowest BCUT2D eigenvalue weighted by Gasteiger charge is -2.29. The van der Waals surface area contributed by atoms with Crippen LogP contribution in [0.15, 0.2) is 0 Å². The third-order valence-electron chi connectivity index (χ3n) is 1.22. The molecule has 1 unspecified atom stereocenters. The van der Waals surface area contributed by atoms with Crippen LogP contribution >= 0.6 is 23.2 Å². The van der Waals surface area contributed by atoms with E-state index in [4.69, 9.17) is 5.11 Å². The van der Waals surface area contributed by atoms with Crippen LogP contribution < -0.4 is 0 Å². The Kier molecular flexibility index (Phi) is 4.20. The van der Waals surface area contributed by atoms with Gasteiger partial charge in [-0.2, -0.15) is 30.7 Å². The molecule has 0 aliphatic heterocycles. The minimum Gasteiger partial charge on any atom is -0.477 e. The summed E-state index contributed by atoms with van der Waals surface area (Å²) in [6.07, 6.45) is -6.15. The third-order valence-corrected chi connectivity index (χ3v) is 1.87. The maximum Gasteiger partial charge on any atom is 0.434 e. The van der Waals surface area contributed by atoms with Crippen molar-refractivity contribution in [2.75, 3.05) is 0 Å². The van der Waals surface area contributed by atoms with Crippen LogP contribution in [-0.4, -0.2) is 33.8 Å². The Labute approximate surface area is 98.0 Å². The van der Waals surface area contributed by atoms with Crippen molar-refractivity contribution in [2.45, 2.75) is 22.7 Å². The lowest BCUT2D eigenvalue weighted by Crippen LogP contribution is -2.54. The molecule has 0 heterocycles. The molecule has 0 bridgehead atoms. The predicted octanol–water partition coefficient (Wildman–Crippen LogP) is 3.01. The fourth-order valence-corrected chi connectivity index (χ4v) is 0.543. The van der Waals surface area contributed by atoms with Crippen LogP contribution in [-0.2, 0) is 9.53 Å². The zero-order valence-corrected chi connectivity index (χ0v) is 8.68. The number of halogens is 9. The molecule has 1 N–H and O–H groups in total. The van der Waals surface area contributed by atoms with Crippen LogP contribution in [0.3, 0.4) is 0 Å².